The van der Waals surface area contributed by atoms with E-state index in [1.807, 2.05) is 24.3 Å². The van der Waals surface area contributed by atoms with Crippen molar-refractivity contribution in [2.24, 2.45) is 0 Å². The van der Waals surface area contributed by atoms with Gasteiger partial charge in [-0.15, -0.1) is 10.2 Å². The molecule has 0 radical (unpaired) electrons. The van der Waals surface area contributed by atoms with E-state index in [4.69, 9.17) is 5.84 Å². The van der Waals surface area contributed by atoms with Crippen molar-refractivity contribution in [1.82, 2.24) is 14.9 Å². The number of nitrogens with two attached hydrogens (primary N) is 1. The van der Waals surface area contributed by atoms with Crippen molar-refractivity contribution >= 4 is 29.0 Å². The Labute approximate surface area is 172 Å². The van der Waals surface area contributed by atoms with E-state index in [-0.39, 0.29) is 17.5 Å². The van der Waals surface area contributed by atoms with Gasteiger partial charge >= 0.3 is 0 Å². The van der Waals surface area contributed by atoms with E-state index in [0.717, 1.165) is 18.8 Å². The maximum atomic E-state index is 13.4. The minimum atomic E-state index is -0.380. The molecule has 0 aliphatic carbocycles. The van der Waals surface area contributed by atoms with Crippen LogP contribution in [0.3, 0.4) is 0 Å². The number of halogens is 1. The molecule has 1 amide bonds. The molecule has 3 aromatic rings. The highest BCUT2D eigenvalue weighted by atomic mass is 32.2. The van der Waals surface area contributed by atoms with Crippen LogP contribution in [0.4, 0.5) is 15.8 Å². The Morgan fingerprint density at radius 1 is 1.14 bits per heavy atom. The van der Waals surface area contributed by atoms with Gasteiger partial charge in [0.1, 0.15) is 5.82 Å². The third-order valence-electron chi connectivity index (χ3n) is 4.70. The Balaban J connectivity index is 1.34. The molecule has 150 valence electrons. The van der Waals surface area contributed by atoms with Crippen LogP contribution in [0.5, 0.6) is 0 Å². The second kappa shape index (κ2) is 8.52. The number of amides is 1. The molecule has 1 aliphatic rings. The predicted molar refractivity (Wildman–Crippen MR) is 113 cm³/mol. The van der Waals surface area contributed by atoms with E-state index in [2.05, 4.69) is 20.4 Å². The maximum absolute atomic E-state index is 13.4. The highest BCUT2D eigenvalue weighted by Crippen LogP contribution is 2.24. The molecular weight excluding hydrogens is 391 g/mol. The molecule has 2 heterocycles. The molecule has 7 nitrogen and oxygen atoms in total. The van der Waals surface area contributed by atoms with Crippen molar-refractivity contribution in [2.45, 2.75) is 18.0 Å². The van der Waals surface area contributed by atoms with Crippen molar-refractivity contribution in [2.75, 3.05) is 34.9 Å². The molecule has 1 saturated heterocycles. The third-order valence-corrected chi connectivity index (χ3v) is 5.65. The lowest BCUT2D eigenvalue weighted by molar-refractivity contribution is -0.113. The van der Waals surface area contributed by atoms with Crippen molar-refractivity contribution in [3.05, 3.63) is 54.3 Å². The van der Waals surface area contributed by atoms with Crippen molar-refractivity contribution in [3.63, 3.8) is 0 Å². The maximum Gasteiger partial charge on any atom is 0.234 e. The lowest BCUT2D eigenvalue weighted by Gasteiger charge is -2.17. The fraction of sp³-hybridized carbons (Fsp3) is 0.250. The normalized spacial score (nSPS) is 13.6. The molecule has 1 aromatic heterocycles. The quantitative estimate of drug-likeness (QED) is 0.478. The molecular formula is C20H21FN6OS. The number of nitrogens with one attached hydrogen (secondary N) is 1. The Bertz CT molecular complexity index is 1000. The summed E-state index contributed by atoms with van der Waals surface area (Å²) in [6.07, 6.45) is 2.45. The zero-order valence-electron chi connectivity index (χ0n) is 15.7. The summed E-state index contributed by atoms with van der Waals surface area (Å²) in [6.45, 7) is 2.17. The molecule has 0 spiro atoms. The number of carbonyl (C=O) groups excluding carboxylic acids is 1. The van der Waals surface area contributed by atoms with Crippen LogP contribution in [0.2, 0.25) is 0 Å². The first-order chi connectivity index (χ1) is 14.1. The van der Waals surface area contributed by atoms with Crippen LogP contribution >= 0.6 is 11.8 Å². The van der Waals surface area contributed by atoms with Gasteiger partial charge in [-0.1, -0.05) is 23.9 Å². The summed E-state index contributed by atoms with van der Waals surface area (Å²) in [5.74, 6) is 5.93. The van der Waals surface area contributed by atoms with Gasteiger partial charge in [0, 0.05) is 30.0 Å². The van der Waals surface area contributed by atoms with Gasteiger partial charge in [0.25, 0.3) is 0 Å². The standard InChI is InChI=1S/C20H21FN6OS/c21-15-5-3-4-14(12-15)19-24-25-20(27(19)22)29-13-18(28)23-16-6-8-17(9-7-16)26-10-1-2-11-26/h3-9,12H,1-2,10-11,13,22H2,(H,23,28). The number of nitrogen functional groups attached to an aromatic ring is 1. The van der Waals surface area contributed by atoms with Crippen LogP contribution in [-0.4, -0.2) is 39.6 Å². The van der Waals surface area contributed by atoms with Gasteiger partial charge in [0.2, 0.25) is 11.1 Å². The van der Waals surface area contributed by atoms with E-state index in [1.54, 1.807) is 12.1 Å². The number of carbonyl (C=O) groups is 1. The molecule has 4 rings (SSSR count). The van der Waals surface area contributed by atoms with Crippen LogP contribution in [0.15, 0.2) is 53.7 Å². The van der Waals surface area contributed by atoms with E-state index in [0.29, 0.717) is 16.5 Å². The van der Waals surface area contributed by atoms with Crippen LogP contribution in [0.25, 0.3) is 11.4 Å². The van der Waals surface area contributed by atoms with Gasteiger partial charge in [-0.3, -0.25) is 4.79 Å². The van der Waals surface area contributed by atoms with Gasteiger partial charge in [-0.05, 0) is 49.2 Å². The van der Waals surface area contributed by atoms with Crippen molar-refractivity contribution in [1.29, 1.82) is 0 Å². The number of anilines is 2. The molecule has 2 aromatic carbocycles. The van der Waals surface area contributed by atoms with Crippen LogP contribution in [-0.2, 0) is 4.79 Å². The zero-order chi connectivity index (χ0) is 20.2. The average molecular weight is 412 g/mol. The van der Waals surface area contributed by atoms with E-state index in [1.165, 1.54) is 47.1 Å². The van der Waals surface area contributed by atoms with Crippen LogP contribution in [0.1, 0.15) is 12.8 Å². The minimum Gasteiger partial charge on any atom is -0.372 e. The second-order valence-electron chi connectivity index (χ2n) is 6.76. The Morgan fingerprint density at radius 2 is 1.90 bits per heavy atom. The van der Waals surface area contributed by atoms with Gasteiger partial charge in [0.15, 0.2) is 5.82 Å². The SMILES string of the molecule is Nn1c(SCC(=O)Nc2ccc(N3CCCC3)cc2)nnc1-c1cccc(F)c1. The summed E-state index contributed by atoms with van der Waals surface area (Å²) in [6, 6.07) is 13.8. The number of nitrogens with zero attached hydrogens (tertiary/aromatic N) is 4. The van der Waals surface area contributed by atoms with Crippen molar-refractivity contribution < 1.29 is 9.18 Å². The zero-order valence-corrected chi connectivity index (χ0v) is 16.5. The van der Waals surface area contributed by atoms with Crippen LogP contribution in [0, 0.1) is 5.82 Å². The number of thioether (sulfide) groups is 1. The Kier molecular flexibility index (Phi) is 5.66. The number of rotatable bonds is 6. The first-order valence-corrected chi connectivity index (χ1v) is 10.3. The summed E-state index contributed by atoms with van der Waals surface area (Å²) in [7, 11) is 0. The predicted octanol–water partition coefficient (Wildman–Crippen LogP) is 3.13. The summed E-state index contributed by atoms with van der Waals surface area (Å²) < 4.78 is 14.7. The number of hydrogen-bond donors (Lipinski definition) is 2. The van der Waals surface area contributed by atoms with Gasteiger partial charge in [0.05, 0.1) is 5.75 Å². The molecule has 29 heavy (non-hydrogen) atoms. The Hall–Kier alpha value is -3.07. The average Bonchev–Trinajstić information content (AvgIpc) is 3.37. The first-order valence-electron chi connectivity index (χ1n) is 9.34. The van der Waals surface area contributed by atoms with E-state index >= 15 is 0 Å². The second-order valence-corrected chi connectivity index (χ2v) is 7.71. The van der Waals surface area contributed by atoms with Gasteiger partial charge in [-0.25, -0.2) is 9.07 Å². The lowest BCUT2D eigenvalue weighted by Crippen LogP contribution is -2.18. The van der Waals surface area contributed by atoms with Crippen molar-refractivity contribution in [3.8, 4) is 11.4 Å². The Morgan fingerprint density at radius 3 is 2.62 bits per heavy atom. The van der Waals surface area contributed by atoms with Gasteiger partial charge in [-0.2, -0.15) is 0 Å². The minimum absolute atomic E-state index is 0.131. The molecule has 0 saturated carbocycles. The fourth-order valence-electron chi connectivity index (χ4n) is 3.26. The highest BCUT2D eigenvalue weighted by molar-refractivity contribution is 7.99. The molecule has 9 heteroatoms. The lowest BCUT2D eigenvalue weighted by atomic mass is 10.2. The van der Waals surface area contributed by atoms with E-state index in [9.17, 15) is 9.18 Å². The highest BCUT2D eigenvalue weighted by Gasteiger charge is 2.15. The third kappa shape index (κ3) is 4.51. The molecule has 0 unspecified atom stereocenters. The number of benzene rings is 2. The monoisotopic (exact) mass is 412 g/mol. The smallest absolute Gasteiger partial charge is 0.234 e. The summed E-state index contributed by atoms with van der Waals surface area (Å²) >= 11 is 1.17. The van der Waals surface area contributed by atoms with E-state index < -0.39 is 0 Å². The number of aromatic nitrogens is 3. The molecule has 1 aliphatic heterocycles. The summed E-state index contributed by atoms with van der Waals surface area (Å²) in [5, 5.41) is 11.2. The van der Waals surface area contributed by atoms with Gasteiger partial charge < -0.3 is 16.1 Å². The largest absolute Gasteiger partial charge is 0.372 e. The topological polar surface area (TPSA) is 89.1 Å². The van der Waals surface area contributed by atoms with Crippen LogP contribution < -0.4 is 16.1 Å². The fourth-order valence-corrected chi connectivity index (χ4v) is 3.91. The molecule has 0 atom stereocenters. The summed E-state index contributed by atoms with van der Waals surface area (Å²) in [5.41, 5.74) is 2.44. The number of hydrogen-bond acceptors (Lipinski definition) is 6. The first kappa shape index (κ1) is 19.3. The molecule has 0 bridgehead atoms. The summed E-state index contributed by atoms with van der Waals surface area (Å²) in [4.78, 5) is 14.6. The molecule has 3 N–H and O–H groups in total. The molecule has 1 fully saturated rings.